The Morgan fingerprint density at radius 3 is 3.15 bits per heavy atom. The van der Waals surface area contributed by atoms with Crippen LogP contribution in [-0.4, -0.2) is 29.9 Å². The van der Waals surface area contributed by atoms with Crippen LogP contribution >= 0.6 is 0 Å². The fourth-order valence-corrected chi connectivity index (χ4v) is 0.601. The molecule has 0 bridgehead atoms. The fraction of sp³-hybridized carbons (Fsp3) is 0.286. The molecule has 1 N–H and O–H groups in total. The van der Waals surface area contributed by atoms with Gasteiger partial charge >= 0.3 is 6.09 Å². The van der Waals surface area contributed by atoms with Gasteiger partial charge in [-0.2, -0.15) is 0 Å². The quantitative estimate of drug-likeness (QED) is 0.676. The van der Waals surface area contributed by atoms with E-state index in [-0.39, 0.29) is 12.6 Å². The minimum absolute atomic E-state index is 0.101. The number of nitrogens with zero attached hydrogens (tertiary/aromatic N) is 2. The first-order chi connectivity index (χ1) is 6.33. The summed E-state index contributed by atoms with van der Waals surface area (Å²) in [4.78, 5) is 18.3. The third-order valence-electron chi connectivity index (χ3n) is 1.11. The zero-order valence-corrected chi connectivity index (χ0v) is 7.06. The second-order valence-corrected chi connectivity index (χ2v) is 2.05. The number of ether oxygens (including phenoxy) is 2. The van der Waals surface area contributed by atoms with Crippen LogP contribution in [-0.2, 0) is 4.74 Å². The van der Waals surface area contributed by atoms with E-state index in [4.69, 9.17) is 4.74 Å². The van der Waals surface area contributed by atoms with Crippen molar-refractivity contribution in [2.24, 2.45) is 0 Å². The van der Waals surface area contributed by atoms with Crippen molar-refractivity contribution < 1.29 is 14.3 Å². The highest BCUT2D eigenvalue weighted by atomic mass is 16.6. The maximum atomic E-state index is 10.9. The summed E-state index contributed by atoms with van der Waals surface area (Å²) < 4.78 is 9.34. The van der Waals surface area contributed by atoms with Crippen LogP contribution in [0.3, 0.4) is 0 Å². The third kappa shape index (κ3) is 3.48. The van der Waals surface area contributed by atoms with Gasteiger partial charge in [0.05, 0.1) is 0 Å². The third-order valence-corrected chi connectivity index (χ3v) is 1.11. The number of carbonyl (C=O) groups excluding carboxylic acids is 1. The first-order valence-electron chi connectivity index (χ1n) is 3.53. The zero-order chi connectivity index (χ0) is 9.52. The van der Waals surface area contributed by atoms with Gasteiger partial charge in [0, 0.05) is 19.4 Å². The van der Waals surface area contributed by atoms with Crippen molar-refractivity contribution in [3.05, 3.63) is 18.6 Å². The summed E-state index contributed by atoms with van der Waals surface area (Å²) in [7, 11) is 1.46. The van der Waals surface area contributed by atoms with E-state index in [1.165, 1.54) is 25.7 Å². The summed E-state index contributed by atoms with van der Waals surface area (Å²) in [5, 5.41) is 2.34. The molecule has 0 aliphatic heterocycles. The predicted molar refractivity (Wildman–Crippen MR) is 43.1 cm³/mol. The summed E-state index contributed by atoms with van der Waals surface area (Å²) in [5.74, 6) is 0.198. The number of rotatable bonds is 3. The van der Waals surface area contributed by atoms with E-state index in [2.05, 4.69) is 20.0 Å². The van der Waals surface area contributed by atoms with Crippen LogP contribution in [0, 0.1) is 0 Å². The smallest absolute Gasteiger partial charge is 0.391 e. The van der Waals surface area contributed by atoms with Crippen molar-refractivity contribution in [2.45, 2.75) is 0 Å². The van der Waals surface area contributed by atoms with Gasteiger partial charge in [0.2, 0.25) is 5.88 Å². The molecule has 0 atom stereocenters. The molecule has 0 radical (unpaired) electrons. The molecule has 6 nitrogen and oxygen atoms in total. The van der Waals surface area contributed by atoms with E-state index >= 15 is 0 Å². The van der Waals surface area contributed by atoms with Crippen molar-refractivity contribution in [1.82, 2.24) is 15.3 Å². The number of aromatic nitrogens is 2. The molecule has 0 aromatic carbocycles. The number of amides is 1. The van der Waals surface area contributed by atoms with Crippen LogP contribution in [0.4, 0.5) is 4.79 Å². The lowest BCUT2D eigenvalue weighted by atomic mass is 10.6. The van der Waals surface area contributed by atoms with Gasteiger partial charge in [0.15, 0.2) is 0 Å². The molecule has 1 amide bonds. The summed E-state index contributed by atoms with van der Waals surface area (Å²) in [5.41, 5.74) is 0. The molecular formula is C7H9N3O3. The van der Waals surface area contributed by atoms with Crippen LogP contribution in [0.15, 0.2) is 18.6 Å². The molecule has 1 aromatic heterocycles. The maximum absolute atomic E-state index is 10.9. The molecule has 6 heteroatoms. The maximum Gasteiger partial charge on any atom is 0.415 e. The molecule has 0 unspecified atom stereocenters. The molecule has 1 aromatic rings. The molecule has 1 rings (SSSR count). The number of hydrogen-bond acceptors (Lipinski definition) is 5. The van der Waals surface area contributed by atoms with E-state index in [1.807, 2.05) is 0 Å². The van der Waals surface area contributed by atoms with Crippen LogP contribution in [0.2, 0.25) is 0 Å². The molecule has 0 aliphatic carbocycles. The zero-order valence-electron chi connectivity index (χ0n) is 7.06. The molecule has 0 aliphatic rings. The molecular weight excluding hydrogens is 174 g/mol. The van der Waals surface area contributed by atoms with Gasteiger partial charge in [-0.25, -0.2) is 14.8 Å². The number of nitrogens with one attached hydrogen (secondary N) is 1. The van der Waals surface area contributed by atoms with Gasteiger partial charge in [-0.05, 0) is 0 Å². The average molecular weight is 183 g/mol. The van der Waals surface area contributed by atoms with Crippen molar-refractivity contribution >= 4 is 6.09 Å². The topological polar surface area (TPSA) is 73.3 Å². The highest BCUT2D eigenvalue weighted by molar-refractivity contribution is 5.69. The normalized spacial score (nSPS) is 9.31. The van der Waals surface area contributed by atoms with E-state index in [9.17, 15) is 4.79 Å². The highest BCUT2D eigenvalue weighted by Gasteiger charge is 2.02. The molecule has 0 spiro atoms. The number of carbonyl (C=O) groups is 1. The molecule has 0 saturated carbocycles. The van der Waals surface area contributed by atoms with Crippen molar-refractivity contribution in [2.75, 3.05) is 13.8 Å². The van der Waals surface area contributed by atoms with Gasteiger partial charge in [-0.3, -0.25) is 5.32 Å². The van der Waals surface area contributed by atoms with Gasteiger partial charge in [-0.1, -0.05) is 0 Å². The Balaban J connectivity index is 2.37. The van der Waals surface area contributed by atoms with Gasteiger partial charge in [0.1, 0.15) is 13.1 Å². The summed E-state index contributed by atoms with van der Waals surface area (Å²) >= 11 is 0. The van der Waals surface area contributed by atoms with Crippen LogP contribution < -0.4 is 10.1 Å². The predicted octanol–water partition coefficient (Wildman–Crippen LogP) is 0.169. The van der Waals surface area contributed by atoms with Gasteiger partial charge in [-0.15, -0.1) is 0 Å². The summed E-state index contributed by atoms with van der Waals surface area (Å²) in [6, 6.07) is 1.48. The first kappa shape index (κ1) is 9.40. The summed E-state index contributed by atoms with van der Waals surface area (Å²) in [6.45, 7) is 0.101. The van der Waals surface area contributed by atoms with E-state index in [1.54, 1.807) is 0 Å². The second-order valence-electron chi connectivity index (χ2n) is 2.05. The van der Waals surface area contributed by atoms with E-state index in [0.717, 1.165) is 0 Å². The Hall–Kier alpha value is -1.69. The van der Waals surface area contributed by atoms with E-state index in [0.29, 0.717) is 0 Å². The largest absolute Gasteiger partial charge is 0.415 e. The lowest BCUT2D eigenvalue weighted by Crippen LogP contribution is -2.28. The highest BCUT2D eigenvalue weighted by Crippen LogP contribution is 2.00. The van der Waals surface area contributed by atoms with Crippen molar-refractivity contribution in [1.29, 1.82) is 0 Å². The SMILES string of the molecule is COCNC(=O)Oc1ccncn1. The monoisotopic (exact) mass is 183 g/mol. The molecule has 13 heavy (non-hydrogen) atoms. The summed E-state index contributed by atoms with van der Waals surface area (Å²) in [6.07, 6.45) is 2.16. The van der Waals surface area contributed by atoms with Gasteiger partial charge < -0.3 is 9.47 Å². The lowest BCUT2D eigenvalue weighted by molar-refractivity contribution is 0.152. The number of hydrogen-bond donors (Lipinski definition) is 1. The Labute approximate surface area is 74.9 Å². The van der Waals surface area contributed by atoms with E-state index < -0.39 is 6.09 Å². The Morgan fingerprint density at radius 2 is 2.54 bits per heavy atom. The molecule has 0 saturated heterocycles. The lowest BCUT2D eigenvalue weighted by Gasteiger charge is -2.03. The molecule has 1 heterocycles. The van der Waals surface area contributed by atoms with Crippen LogP contribution in [0.25, 0.3) is 0 Å². The molecule has 0 fully saturated rings. The fourth-order valence-electron chi connectivity index (χ4n) is 0.601. The standard InChI is InChI=1S/C7H9N3O3/c1-12-5-10-7(11)13-6-2-3-8-4-9-6/h2-4H,5H2,1H3,(H,10,11). The first-order valence-corrected chi connectivity index (χ1v) is 3.53. The Kier molecular flexibility index (Phi) is 3.65. The second kappa shape index (κ2) is 5.04. The van der Waals surface area contributed by atoms with Crippen molar-refractivity contribution in [3.63, 3.8) is 0 Å². The average Bonchev–Trinajstić information content (AvgIpc) is 2.16. The van der Waals surface area contributed by atoms with Gasteiger partial charge in [0.25, 0.3) is 0 Å². The Bertz CT molecular complexity index is 265. The van der Waals surface area contributed by atoms with Crippen LogP contribution in [0.5, 0.6) is 5.88 Å². The molecule has 70 valence electrons. The Morgan fingerprint density at radius 1 is 1.69 bits per heavy atom. The minimum atomic E-state index is -0.611. The number of methoxy groups -OCH3 is 1. The minimum Gasteiger partial charge on any atom is -0.391 e. The van der Waals surface area contributed by atoms with Crippen LogP contribution in [0.1, 0.15) is 0 Å². The van der Waals surface area contributed by atoms with Crippen molar-refractivity contribution in [3.8, 4) is 5.88 Å².